The Morgan fingerprint density at radius 1 is 0.667 bits per heavy atom. The maximum atomic E-state index is 10.7. The highest BCUT2D eigenvalue weighted by molar-refractivity contribution is 5.66. The Morgan fingerprint density at radius 2 is 1.13 bits per heavy atom. The smallest absolute Gasteiger partial charge is 0.304 e. The molecule has 0 aromatic rings. The predicted molar refractivity (Wildman–Crippen MR) is 128 cm³/mol. The largest absolute Gasteiger partial charge is 0.481 e. The van der Waals surface area contributed by atoms with Gasteiger partial charge in [0.1, 0.15) is 0 Å². The molecule has 180 valence electrons. The molecule has 0 aromatic heterocycles. The fourth-order valence-corrected chi connectivity index (χ4v) is 3.89. The molecule has 0 aliphatic rings. The van der Waals surface area contributed by atoms with Gasteiger partial charge in [-0.1, -0.05) is 103 Å². The minimum Gasteiger partial charge on any atom is -0.481 e. The third kappa shape index (κ3) is 23.6. The van der Waals surface area contributed by atoms with Crippen molar-refractivity contribution in [1.82, 2.24) is 10.2 Å². The summed E-state index contributed by atoms with van der Waals surface area (Å²) in [4.78, 5) is 12.7. The quantitative estimate of drug-likeness (QED) is 0.165. The van der Waals surface area contributed by atoms with Crippen molar-refractivity contribution >= 4 is 5.97 Å². The van der Waals surface area contributed by atoms with E-state index in [-0.39, 0.29) is 13.0 Å². The van der Waals surface area contributed by atoms with E-state index in [9.17, 15) is 4.79 Å². The lowest BCUT2D eigenvalue weighted by Crippen LogP contribution is -2.35. The minimum atomic E-state index is -0.779. The standard InChI is InChI=1S/C25H52N2O3/c1-2-3-4-5-6-7-8-9-10-11-12-13-14-15-16-17-19-26-20-22-27(23-24-28)21-18-25(29)30/h26,28H,2-24H2,1H3,(H,29,30). The van der Waals surface area contributed by atoms with Crippen molar-refractivity contribution in [1.29, 1.82) is 0 Å². The van der Waals surface area contributed by atoms with Crippen LogP contribution in [0.2, 0.25) is 0 Å². The molecular weight excluding hydrogens is 376 g/mol. The topological polar surface area (TPSA) is 72.8 Å². The van der Waals surface area contributed by atoms with E-state index >= 15 is 0 Å². The van der Waals surface area contributed by atoms with Crippen LogP contribution in [-0.4, -0.2) is 60.4 Å². The Bertz CT molecular complexity index is 353. The van der Waals surface area contributed by atoms with E-state index in [0.29, 0.717) is 13.1 Å². The van der Waals surface area contributed by atoms with E-state index in [2.05, 4.69) is 12.2 Å². The lowest BCUT2D eigenvalue weighted by molar-refractivity contribution is -0.137. The van der Waals surface area contributed by atoms with Crippen LogP contribution in [0.3, 0.4) is 0 Å². The summed E-state index contributed by atoms with van der Waals surface area (Å²) in [5, 5.41) is 21.3. The number of carbonyl (C=O) groups is 1. The van der Waals surface area contributed by atoms with Crippen molar-refractivity contribution in [3.05, 3.63) is 0 Å². The Labute approximate surface area is 187 Å². The van der Waals surface area contributed by atoms with Crippen LogP contribution >= 0.6 is 0 Å². The first kappa shape index (κ1) is 29.4. The van der Waals surface area contributed by atoms with E-state index in [1.807, 2.05) is 4.90 Å². The number of hydrogen-bond donors (Lipinski definition) is 3. The molecule has 0 atom stereocenters. The van der Waals surface area contributed by atoms with Gasteiger partial charge in [0.05, 0.1) is 13.0 Å². The number of carboxylic acids is 1. The van der Waals surface area contributed by atoms with Gasteiger partial charge in [-0.25, -0.2) is 0 Å². The molecule has 0 radical (unpaired) electrons. The molecular formula is C25H52N2O3. The first-order valence-corrected chi connectivity index (χ1v) is 13.0. The Hall–Kier alpha value is -0.650. The van der Waals surface area contributed by atoms with Gasteiger partial charge >= 0.3 is 5.97 Å². The van der Waals surface area contributed by atoms with Crippen molar-refractivity contribution in [2.75, 3.05) is 39.3 Å². The third-order valence-corrected chi connectivity index (χ3v) is 5.87. The number of carboxylic acid groups (broad SMARTS) is 1. The zero-order chi connectivity index (χ0) is 22.1. The van der Waals surface area contributed by atoms with E-state index < -0.39 is 5.97 Å². The van der Waals surface area contributed by atoms with Crippen LogP contribution in [0.25, 0.3) is 0 Å². The average Bonchev–Trinajstić information content (AvgIpc) is 2.73. The lowest BCUT2D eigenvalue weighted by Gasteiger charge is -2.20. The van der Waals surface area contributed by atoms with Gasteiger partial charge in [-0.05, 0) is 13.0 Å². The molecule has 0 saturated heterocycles. The molecule has 0 amide bonds. The highest BCUT2D eigenvalue weighted by Gasteiger charge is 2.06. The molecule has 0 rings (SSSR count). The number of aliphatic hydroxyl groups is 1. The highest BCUT2D eigenvalue weighted by Crippen LogP contribution is 2.13. The summed E-state index contributed by atoms with van der Waals surface area (Å²) >= 11 is 0. The molecule has 0 saturated carbocycles. The van der Waals surface area contributed by atoms with Crippen LogP contribution in [0, 0.1) is 0 Å². The van der Waals surface area contributed by atoms with E-state index in [0.717, 1.165) is 19.6 Å². The zero-order valence-electron chi connectivity index (χ0n) is 20.0. The summed E-state index contributed by atoms with van der Waals surface area (Å²) in [6, 6.07) is 0. The molecule has 5 heteroatoms. The Morgan fingerprint density at radius 3 is 1.57 bits per heavy atom. The summed E-state index contributed by atoms with van der Waals surface area (Å²) in [7, 11) is 0. The maximum Gasteiger partial charge on any atom is 0.304 e. The summed E-state index contributed by atoms with van der Waals surface area (Å²) < 4.78 is 0. The Kier molecular flexibility index (Phi) is 24.1. The summed E-state index contributed by atoms with van der Waals surface area (Å²) in [5.74, 6) is -0.779. The van der Waals surface area contributed by atoms with Crippen LogP contribution in [0.4, 0.5) is 0 Å². The normalized spacial score (nSPS) is 11.4. The van der Waals surface area contributed by atoms with Gasteiger partial charge in [-0.3, -0.25) is 9.69 Å². The number of rotatable bonds is 25. The second-order valence-corrected chi connectivity index (χ2v) is 8.76. The van der Waals surface area contributed by atoms with Crippen molar-refractivity contribution in [3.8, 4) is 0 Å². The molecule has 0 fully saturated rings. The van der Waals surface area contributed by atoms with Gasteiger partial charge in [0.15, 0.2) is 0 Å². The summed E-state index contributed by atoms with van der Waals surface area (Å²) in [6.45, 7) is 6.11. The van der Waals surface area contributed by atoms with Crippen molar-refractivity contribution in [2.24, 2.45) is 0 Å². The molecule has 0 bridgehead atoms. The monoisotopic (exact) mass is 428 g/mol. The first-order chi connectivity index (χ1) is 14.7. The summed E-state index contributed by atoms with van der Waals surface area (Å²) in [6.07, 6.45) is 22.4. The molecule has 0 heterocycles. The second kappa shape index (κ2) is 24.6. The fourth-order valence-electron chi connectivity index (χ4n) is 3.89. The van der Waals surface area contributed by atoms with Gasteiger partial charge in [0.2, 0.25) is 0 Å². The molecule has 0 aromatic carbocycles. The fraction of sp³-hybridized carbons (Fsp3) is 0.960. The van der Waals surface area contributed by atoms with Crippen molar-refractivity contribution in [2.45, 2.75) is 116 Å². The summed E-state index contributed by atoms with van der Waals surface area (Å²) in [5.41, 5.74) is 0. The van der Waals surface area contributed by atoms with E-state index in [1.165, 1.54) is 103 Å². The maximum absolute atomic E-state index is 10.7. The molecule has 30 heavy (non-hydrogen) atoms. The number of hydrogen-bond acceptors (Lipinski definition) is 4. The molecule has 0 unspecified atom stereocenters. The van der Waals surface area contributed by atoms with Crippen LogP contribution in [0.15, 0.2) is 0 Å². The Balaban J connectivity index is 3.22. The molecule has 3 N–H and O–H groups in total. The third-order valence-electron chi connectivity index (χ3n) is 5.87. The number of aliphatic carboxylic acids is 1. The van der Waals surface area contributed by atoms with Gasteiger partial charge in [0.25, 0.3) is 0 Å². The van der Waals surface area contributed by atoms with Gasteiger partial charge in [-0.15, -0.1) is 0 Å². The number of nitrogens with one attached hydrogen (secondary N) is 1. The zero-order valence-corrected chi connectivity index (χ0v) is 20.0. The van der Waals surface area contributed by atoms with E-state index in [4.69, 9.17) is 10.2 Å². The number of unbranched alkanes of at least 4 members (excludes halogenated alkanes) is 15. The number of nitrogens with zero attached hydrogens (tertiary/aromatic N) is 1. The van der Waals surface area contributed by atoms with Crippen LogP contribution in [-0.2, 0) is 4.79 Å². The SMILES string of the molecule is CCCCCCCCCCCCCCCCCCNCCN(CCO)CCC(=O)O. The average molecular weight is 429 g/mol. The highest BCUT2D eigenvalue weighted by atomic mass is 16.4. The molecule has 0 aliphatic heterocycles. The van der Waals surface area contributed by atoms with Crippen molar-refractivity contribution < 1.29 is 15.0 Å². The lowest BCUT2D eigenvalue weighted by atomic mass is 10.0. The van der Waals surface area contributed by atoms with Gasteiger partial charge in [0, 0.05) is 26.2 Å². The van der Waals surface area contributed by atoms with Crippen LogP contribution < -0.4 is 5.32 Å². The van der Waals surface area contributed by atoms with Crippen LogP contribution in [0.1, 0.15) is 116 Å². The van der Waals surface area contributed by atoms with Crippen LogP contribution in [0.5, 0.6) is 0 Å². The molecule has 0 aliphatic carbocycles. The molecule has 5 nitrogen and oxygen atoms in total. The van der Waals surface area contributed by atoms with Crippen molar-refractivity contribution in [3.63, 3.8) is 0 Å². The van der Waals surface area contributed by atoms with Gasteiger partial charge in [-0.2, -0.15) is 0 Å². The predicted octanol–water partition coefficient (Wildman–Crippen LogP) is 5.61. The first-order valence-electron chi connectivity index (χ1n) is 13.0. The number of aliphatic hydroxyl groups excluding tert-OH is 1. The van der Waals surface area contributed by atoms with Gasteiger partial charge < -0.3 is 15.5 Å². The second-order valence-electron chi connectivity index (χ2n) is 8.76. The minimum absolute atomic E-state index is 0.0821. The molecule has 0 spiro atoms. The van der Waals surface area contributed by atoms with E-state index in [1.54, 1.807) is 0 Å².